The highest BCUT2D eigenvalue weighted by Gasteiger charge is 2.27. The molecule has 1 aromatic heterocycles. The molecule has 1 aliphatic heterocycles. The fourth-order valence-corrected chi connectivity index (χ4v) is 2.02. The third kappa shape index (κ3) is 1.58. The molecule has 0 atom stereocenters. The summed E-state index contributed by atoms with van der Waals surface area (Å²) in [5, 5.41) is 0. The Morgan fingerprint density at radius 3 is 2.29 bits per heavy atom. The highest BCUT2D eigenvalue weighted by atomic mass is 16.6. The van der Waals surface area contributed by atoms with E-state index in [2.05, 4.69) is 6.92 Å². The Hall–Kier alpha value is -1.90. The smallest absolute Gasteiger partial charge is 0.211 e. The molecule has 1 aliphatic rings. The molecule has 0 spiro atoms. The van der Waals surface area contributed by atoms with Crippen LogP contribution in [-0.4, -0.2) is 0 Å². The first-order valence-electron chi connectivity index (χ1n) is 5.86. The summed E-state index contributed by atoms with van der Waals surface area (Å²) in [5.74, 6) is 4.59. The van der Waals surface area contributed by atoms with Gasteiger partial charge in [-0.15, -0.1) is 0 Å². The molecule has 0 N–H and O–H groups in total. The van der Waals surface area contributed by atoms with Crippen molar-refractivity contribution in [3.63, 3.8) is 0 Å². The number of hydrogen-bond donors (Lipinski definition) is 0. The van der Waals surface area contributed by atoms with E-state index in [9.17, 15) is 0 Å². The fourth-order valence-electron chi connectivity index (χ4n) is 2.02. The highest BCUT2D eigenvalue weighted by molar-refractivity contribution is 5.57. The summed E-state index contributed by atoms with van der Waals surface area (Å²) in [5.41, 5.74) is 0. The molecule has 0 fully saturated rings. The maximum atomic E-state index is 5.86. The van der Waals surface area contributed by atoms with Gasteiger partial charge in [-0.3, -0.25) is 0 Å². The topological polar surface area (TPSA) is 31.6 Å². The maximum absolute atomic E-state index is 5.86. The van der Waals surface area contributed by atoms with Gasteiger partial charge in [0.1, 0.15) is 5.76 Å². The zero-order chi connectivity index (χ0) is 11.8. The average molecular weight is 230 g/mol. The molecule has 0 radical (unpaired) electrons. The van der Waals surface area contributed by atoms with Gasteiger partial charge in [0.25, 0.3) is 0 Å². The molecule has 3 heteroatoms. The molecule has 88 valence electrons. The van der Waals surface area contributed by atoms with Gasteiger partial charge in [-0.1, -0.05) is 19.1 Å². The zero-order valence-corrected chi connectivity index (χ0v) is 9.95. The molecule has 0 amide bonds. The molecule has 0 unspecified atom stereocenters. The van der Waals surface area contributed by atoms with Crippen LogP contribution in [0.4, 0.5) is 0 Å². The molecule has 0 bridgehead atoms. The Balaban J connectivity index is 2.06. The number of furan rings is 1. The van der Waals surface area contributed by atoms with E-state index in [0.29, 0.717) is 5.75 Å². The van der Waals surface area contributed by atoms with Crippen LogP contribution < -0.4 is 9.47 Å². The number of hydrogen-bond acceptors (Lipinski definition) is 3. The van der Waals surface area contributed by atoms with Crippen LogP contribution in [0.2, 0.25) is 0 Å². The molecular formula is C14H14O3. The Morgan fingerprint density at radius 1 is 1.00 bits per heavy atom. The van der Waals surface area contributed by atoms with E-state index in [1.807, 2.05) is 31.2 Å². The second-order valence-electron chi connectivity index (χ2n) is 4.14. The van der Waals surface area contributed by atoms with Gasteiger partial charge in [-0.2, -0.15) is 0 Å². The second-order valence-corrected chi connectivity index (χ2v) is 4.14. The molecule has 2 heterocycles. The van der Waals surface area contributed by atoms with E-state index in [1.54, 1.807) is 0 Å². The lowest BCUT2D eigenvalue weighted by molar-refractivity contribution is 0.358. The summed E-state index contributed by atoms with van der Waals surface area (Å²) in [6.07, 6.45) is 1.88. The van der Waals surface area contributed by atoms with Gasteiger partial charge in [0.2, 0.25) is 11.5 Å². The fraction of sp³-hybridized carbons (Fsp3) is 0.286. The Labute approximate surface area is 100.0 Å². The van der Waals surface area contributed by atoms with E-state index in [1.165, 1.54) is 0 Å². The largest absolute Gasteiger partial charge is 0.458 e. The van der Waals surface area contributed by atoms with Crippen LogP contribution in [0.25, 0.3) is 0 Å². The minimum atomic E-state index is 0.715. The molecular weight excluding hydrogens is 216 g/mol. The molecule has 2 aromatic rings. The Morgan fingerprint density at radius 2 is 1.65 bits per heavy atom. The molecule has 3 nitrogen and oxygen atoms in total. The molecule has 3 rings (SSSR count). The number of aryl methyl sites for hydroxylation is 2. The maximum Gasteiger partial charge on any atom is 0.211 e. The van der Waals surface area contributed by atoms with E-state index < -0.39 is 0 Å². The Kier molecular flexibility index (Phi) is 2.32. The van der Waals surface area contributed by atoms with Gasteiger partial charge in [0, 0.05) is 6.42 Å². The van der Waals surface area contributed by atoms with E-state index in [4.69, 9.17) is 13.9 Å². The minimum Gasteiger partial charge on any atom is -0.458 e. The molecule has 17 heavy (non-hydrogen) atoms. The van der Waals surface area contributed by atoms with Crippen molar-refractivity contribution in [2.45, 2.75) is 26.7 Å². The summed E-state index contributed by atoms with van der Waals surface area (Å²) < 4.78 is 17.4. The van der Waals surface area contributed by atoms with Crippen molar-refractivity contribution < 1.29 is 13.9 Å². The van der Waals surface area contributed by atoms with Gasteiger partial charge in [0.15, 0.2) is 17.3 Å². The lowest BCUT2D eigenvalue weighted by atomic mass is 10.2. The number of para-hydroxylation sites is 2. The summed E-state index contributed by atoms with van der Waals surface area (Å²) in [6, 6.07) is 7.65. The van der Waals surface area contributed by atoms with Crippen molar-refractivity contribution in [1.82, 2.24) is 0 Å². The van der Waals surface area contributed by atoms with Gasteiger partial charge in [-0.25, -0.2) is 0 Å². The first-order valence-corrected chi connectivity index (χ1v) is 5.86. The number of fused-ring (bicyclic) bond motifs is 2. The van der Waals surface area contributed by atoms with Crippen molar-refractivity contribution in [1.29, 1.82) is 0 Å². The van der Waals surface area contributed by atoms with Crippen molar-refractivity contribution in [3.05, 3.63) is 35.8 Å². The molecule has 1 aromatic carbocycles. The number of benzene rings is 1. The van der Waals surface area contributed by atoms with E-state index in [0.717, 1.165) is 41.6 Å². The Bertz CT molecular complexity index is 555. The summed E-state index contributed by atoms with van der Waals surface area (Å²) in [7, 11) is 0. The van der Waals surface area contributed by atoms with Crippen LogP contribution in [-0.2, 0) is 6.42 Å². The number of ether oxygens (including phenoxy) is 2. The zero-order valence-electron chi connectivity index (χ0n) is 9.95. The first kappa shape index (κ1) is 10.3. The lowest BCUT2D eigenvalue weighted by Gasteiger charge is -2.17. The quantitative estimate of drug-likeness (QED) is 0.652. The lowest BCUT2D eigenvalue weighted by Crippen LogP contribution is -1.98. The third-order valence-electron chi connectivity index (χ3n) is 2.81. The molecule has 0 aliphatic carbocycles. The highest BCUT2D eigenvalue weighted by Crippen LogP contribution is 2.50. The van der Waals surface area contributed by atoms with Crippen LogP contribution in [0.3, 0.4) is 0 Å². The SMILES string of the molecule is CCCc1oc(C)c2c1Oc1ccccc1O2. The summed E-state index contributed by atoms with van der Waals surface area (Å²) >= 11 is 0. The second kappa shape index (κ2) is 3.84. The van der Waals surface area contributed by atoms with Gasteiger partial charge >= 0.3 is 0 Å². The predicted molar refractivity (Wildman–Crippen MR) is 64.0 cm³/mol. The molecule has 0 saturated heterocycles. The van der Waals surface area contributed by atoms with Crippen molar-refractivity contribution in [3.8, 4) is 23.0 Å². The summed E-state index contributed by atoms with van der Waals surface area (Å²) in [6.45, 7) is 4.01. The first-order chi connectivity index (χ1) is 8.29. The van der Waals surface area contributed by atoms with Crippen LogP contribution in [0.1, 0.15) is 24.9 Å². The van der Waals surface area contributed by atoms with Crippen LogP contribution in [0.5, 0.6) is 23.0 Å². The van der Waals surface area contributed by atoms with E-state index in [-0.39, 0.29) is 0 Å². The van der Waals surface area contributed by atoms with Crippen LogP contribution in [0.15, 0.2) is 28.7 Å². The van der Waals surface area contributed by atoms with Gasteiger partial charge in [0.05, 0.1) is 0 Å². The minimum absolute atomic E-state index is 0.715. The molecule has 0 saturated carbocycles. The van der Waals surface area contributed by atoms with Crippen LogP contribution >= 0.6 is 0 Å². The van der Waals surface area contributed by atoms with E-state index >= 15 is 0 Å². The normalized spacial score (nSPS) is 12.4. The van der Waals surface area contributed by atoms with Crippen molar-refractivity contribution in [2.24, 2.45) is 0 Å². The monoisotopic (exact) mass is 230 g/mol. The van der Waals surface area contributed by atoms with Crippen molar-refractivity contribution in [2.75, 3.05) is 0 Å². The standard InChI is InChI=1S/C14H14O3/c1-3-6-12-14-13(9(2)15-12)16-10-7-4-5-8-11(10)17-14/h4-5,7-8H,3,6H2,1-2H3. The summed E-state index contributed by atoms with van der Waals surface area (Å²) in [4.78, 5) is 0. The third-order valence-corrected chi connectivity index (χ3v) is 2.81. The number of rotatable bonds is 2. The van der Waals surface area contributed by atoms with Gasteiger partial charge in [-0.05, 0) is 25.5 Å². The van der Waals surface area contributed by atoms with Crippen LogP contribution in [0, 0.1) is 6.92 Å². The van der Waals surface area contributed by atoms with Crippen molar-refractivity contribution >= 4 is 0 Å². The predicted octanol–water partition coefficient (Wildman–Crippen LogP) is 4.44. The van der Waals surface area contributed by atoms with Gasteiger partial charge < -0.3 is 13.9 Å². The average Bonchev–Trinajstić information content (AvgIpc) is 2.64.